The van der Waals surface area contributed by atoms with Gasteiger partial charge in [0.1, 0.15) is 0 Å². The molecule has 4 rings (SSSR count). The fourth-order valence-corrected chi connectivity index (χ4v) is 4.79. The van der Waals surface area contributed by atoms with Gasteiger partial charge in [-0.2, -0.15) is 0 Å². The molecule has 0 saturated heterocycles. The molecule has 0 radical (unpaired) electrons. The molecule has 21 heavy (non-hydrogen) atoms. The monoisotopic (exact) mass is 300 g/mol. The second kappa shape index (κ2) is 5.09. The summed E-state index contributed by atoms with van der Waals surface area (Å²) in [6.45, 7) is 2.85. The van der Waals surface area contributed by atoms with Crippen molar-refractivity contribution in [2.75, 3.05) is 6.54 Å². The zero-order valence-corrected chi connectivity index (χ0v) is 13.0. The third-order valence-corrected chi connectivity index (χ3v) is 6.29. The van der Waals surface area contributed by atoms with Crippen LogP contribution in [0.1, 0.15) is 37.1 Å². The molecular formula is C17H20N2OS. The van der Waals surface area contributed by atoms with Crippen molar-refractivity contribution in [3.8, 4) is 0 Å². The highest BCUT2D eigenvalue weighted by Gasteiger charge is 2.56. The first-order chi connectivity index (χ1) is 10.2. The van der Waals surface area contributed by atoms with Crippen LogP contribution in [-0.4, -0.2) is 17.4 Å². The minimum absolute atomic E-state index is 0.276. The first-order valence-corrected chi connectivity index (χ1v) is 8.69. The van der Waals surface area contributed by atoms with E-state index in [-0.39, 0.29) is 11.8 Å². The van der Waals surface area contributed by atoms with Crippen LogP contribution in [0.5, 0.6) is 0 Å². The SMILES string of the molecule is C[C@H](CNC(=O)C1[C@H]2CCC[C@H]12)c1nc2ccccc2s1. The van der Waals surface area contributed by atoms with Crippen molar-refractivity contribution in [1.29, 1.82) is 0 Å². The van der Waals surface area contributed by atoms with Gasteiger partial charge in [-0.15, -0.1) is 11.3 Å². The van der Waals surface area contributed by atoms with Gasteiger partial charge in [0.05, 0.1) is 15.2 Å². The van der Waals surface area contributed by atoms with E-state index in [0.717, 1.165) is 10.5 Å². The molecule has 0 bridgehead atoms. The van der Waals surface area contributed by atoms with Crippen molar-refractivity contribution in [3.05, 3.63) is 29.3 Å². The number of fused-ring (bicyclic) bond motifs is 2. The Bertz CT molecular complexity index is 637. The number of aromatic nitrogens is 1. The molecule has 0 aliphatic heterocycles. The fourth-order valence-electron chi connectivity index (χ4n) is 3.77. The highest BCUT2D eigenvalue weighted by molar-refractivity contribution is 7.18. The molecule has 0 spiro atoms. The Hall–Kier alpha value is -1.42. The predicted molar refractivity (Wildman–Crippen MR) is 85.4 cm³/mol. The summed E-state index contributed by atoms with van der Waals surface area (Å²) in [5, 5.41) is 4.26. The van der Waals surface area contributed by atoms with Crippen molar-refractivity contribution in [3.63, 3.8) is 0 Å². The molecule has 1 heterocycles. The summed E-state index contributed by atoms with van der Waals surface area (Å²) in [5.41, 5.74) is 1.06. The molecule has 2 saturated carbocycles. The molecule has 0 unspecified atom stereocenters. The summed E-state index contributed by atoms with van der Waals surface area (Å²) in [6, 6.07) is 8.21. The first-order valence-electron chi connectivity index (χ1n) is 7.87. The number of benzene rings is 1. The number of nitrogens with one attached hydrogen (secondary N) is 1. The number of amides is 1. The zero-order chi connectivity index (χ0) is 14.4. The molecule has 3 atom stereocenters. The van der Waals surface area contributed by atoms with Gasteiger partial charge in [-0.1, -0.05) is 25.5 Å². The Balaban J connectivity index is 1.37. The van der Waals surface area contributed by atoms with Crippen LogP contribution in [0.4, 0.5) is 0 Å². The van der Waals surface area contributed by atoms with E-state index in [2.05, 4.69) is 23.3 Å². The lowest BCUT2D eigenvalue weighted by molar-refractivity contribution is -0.123. The quantitative estimate of drug-likeness (QED) is 0.938. The van der Waals surface area contributed by atoms with Crippen LogP contribution in [0.15, 0.2) is 24.3 Å². The summed E-state index contributed by atoms with van der Waals surface area (Å²) in [4.78, 5) is 16.9. The second-order valence-corrected chi connectivity index (χ2v) is 7.51. The molecule has 2 fully saturated rings. The molecule has 1 amide bonds. The summed E-state index contributed by atoms with van der Waals surface area (Å²) >= 11 is 1.74. The Morgan fingerprint density at radius 1 is 1.38 bits per heavy atom. The standard InChI is InChI=1S/C17H20N2OS/c1-10(17-19-13-7-2-3-8-14(13)21-17)9-18-16(20)15-11-5-4-6-12(11)15/h2-3,7-8,10-12,15H,4-6,9H2,1H3,(H,18,20)/t10-,11+,12+/m1/s1. The van der Waals surface area contributed by atoms with Gasteiger partial charge in [-0.3, -0.25) is 4.79 Å². The van der Waals surface area contributed by atoms with Gasteiger partial charge < -0.3 is 5.32 Å². The van der Waals surface area contributed by atoms with Crippen molar-refractivity contribution in [1.82, 2.24) is 10.3 Å². The van der Waals surface area contributed by atoms with Crippen molar-refractivity contribution < 1.29 is 4.79 Å². The molecule has 4 heteroatoms. The highest BCUT2D eigenvalue weighted by Crippen LogP contribution is 2.57. The molecule has 1 aromatic carbocycles. The Morgan fingerprint density at radius 3 is 2.90 bits per heavy atom. The van der Waals surface area contributed by atoms with Crippen molar-refractivity contribution >= 4 is 27.5 Å². The minimum Gasteiger partial charge on any atom is -0.355 e. The topological polar surface area (TPSA) is 42.0 Å². The van der Waals surface area contributed by atoms with E-state index in [1.54, 1.807) is 11.3 Å². The molecule has 1 aromatic heterocycles. The van der Waals surface area contributed by atoms with E-state index >= 15 is 0 Å². The maximum atomic E-state index is 12.2. The summed E-state index contributed by atoms with van der Waals surface area (Å²) in [7, 11) is 0. The number of carbonyl (C=O) groups excluding carboxylic acids is 1. The van der Waals surface area contributed by atoms with Gasteiger partial charge in [0.2, 0.25) is 5.91 Å². The van der Waals surface area contributed by atoms with Crippen LogP contribution in [0.25, 0.3) is 10.2 Å². The van der Waals surface area contributed by atoms with Gasteiger partial charge in [0.15, 0.2) is 0 Å². The molecule has 2 aliphatic carbocycles. The van der Waals surface area contributed by atoms with Crippen LogP contribution in [0, 0.1) is 17.8 Å². The Morgan fingerprint density at radius 2 is 2.14 bits per heavy atom. The van der Waals surface area contributed by atoms with Crippen LogP contribution >= 0.6 is 11.3 Å². The number of rotatable bonds is 4. The number of hydrogen-bond acceptors (Lipinski definition) is 3. The van der Waals surface area contributed by atoms with Gasteiger partial charge in [-0.25, -0.2) is 4.98 Å². The molecule has 110 valence electrons. The molecule has 2 aliphatic rings. The predicted octanol–water partition coefficient (Wildman–Crippen LogP) is 3.56. The lowest BCUT2D eigenvalue weighted by Crippen LogP contribution is -2.30. The number of para-hydroxylation sites is 1. The average molecular weight is 300 g/mol. The minimum atomic E-state index is 0.276. The zero-order valence-electron chi connectivity index (χ0n) is 12.2. The third kappa shape index (κ3) is 2.35. The molecule has 3 nitrogen and oxygen atoms in total. The summed E-state index contributed by atoms with van der Waals surface area (Å²) in [6.07, 6.45) is 3.84. The maximum Gasteiger partial charge on any atom is 0.223 e. The Kier molecular flexibility index (Phi) is 3.21. The fraction of sp³-hybridized carbons (Fsp3) is 0.529. The number of nitrogens with zero attached hydrogens (tertiary/aromatic N) is 1. The van der Waals surface area contributed by atoms with E-state index in [9.17, 15) is 4.79 Å². The third-order valence-electron chi connectivity index (χ3n) is 5.02. The van der Waals surface area contributed by atoms with Crippen LogP contribution in [0.3, 0.4) is 0 Å². The van der Waals surface area contributed by atoms with Gasteiger partial charge in [-0.05, 0) is 36.8 Å². The number of carbonyl (C=O) groups is 1. The van der Waals surface area contributed by atoms with Gasteiger partial charge in [0.25, 0.3) is 0 Å². The lowest BCUT2D eigenvalue weighted by Gasteiger charge is -2.10. The number of thiazole rings is 1. The van der Waals surface area contributed by atoms with E-state index < -0.39 is 0 Å². The molecule has 2 aromatic rings. The van der Waals surface area contributed by atoms with E-state index in [0.29, 0.717) is 24.3 Å². The average Bonchev–Trinajstić information content (AvgIpc) is 2.89. The molecular weight excluding hydrogens is 280 g/mol. The smallest absolute Gasteiger partial charge is 0.223 e. The van der Waals surface area contributed by atoms with Crippen molar-refractivity contribution in [2.45, 2.75) is 32.1 Å². The van der Waals surface area contributed by atoms with E-state index in [4.69, 9.17) is 0 Å². The number of hydrogen-bond donors (Lipinski definition) is 1. The lowest BCUT2D eigenvalue weighted by atomic mass is 10.1. The second-order valence-electron chi connectivity index (χ2n) is 6.45. The normalized spacial score (nSPS) is 28.3. The largest absolute Gasteiger partial charge is 0.355 e. The Labute approximate surface area is 128 Å². The van der Waals surface area contributed by atoms with Gasteiger partial charge >= 0.3 is 0 Å². The van der Waals surface area contributed by atoms with Gasteiger partial charge in [0, 0.05) is 18.4 Å². The molecule has 1 N–H and O–H groups in total. The maximum absolute atomic E-state index is 12.2. The van der Waals surface area contributed by atoms with Crippen LogP contribution in [-0.2, 0) is 4.79 Å². The summed E-state index contributed by atoms with van der Waals surface area (Å²) in [5.74, 6) is 2.27. The van der Waals surface area contributed by atoms with Crippen LogP contribution < -0.4 is 5.32 Å². The van der Waals surface area contributed by atoms with Crippen molar-refractivity contribution in [2.24, 2.45) is 17.8 Å². The van der Waals surface area contributed by atoms with E-state index in [1.807, 2.05) is 18.2 Å². The van der Waals surface area contributed by atoms with Crippen LogP contribution in [0.2, 0.25) is 0 Å². The summed E-state index contributed by atoms with van der Waals surface area (Å²) < 4.78 is 1.22. The first kappa shape index (κ1) is 13.3. The van der Waals surface area contributed by atoms with E-state index in [1.165, 1.54) is 24.0 Å². The highest BCUT2D eigenvalue weighted by atomic mass is 32.1.